The lowest BCUT2D eigenvalue weighted by atomic mass is 9.84. The van der Waals surface area contributed by atoms with Crippen LogP contribution in [-0.4, -0.2) is 18.2 Å². The molecule has 0 bridgehead atoms. The van der Waals surface area contributed by atoms with Crippen LogP contribution in [0.25, 0.3) is 0 Å². The van der Waals surface area contributed by atoms with Crippen molar-refractivity contribution in [3.05, 3.63) is 70.2 Å². The van der Waals surface area contributed by atoms with Crippen molar-refractivity contribution in [2.24, 2.45) is 5.92 Å². The van der Waals surface area contributed by atoms with Crippen molar-refractivity contribution in [2.75, 3.05) is 6.54 Å². The number of Topliss-reactive ketones (excluding diaryl/α,β-unsaturated/α-hetero) is 1. The monoisotopic (exact) mass is 341 g/mol. The molecule has 0 saturated carbocycles. The Bertz CT molecular complexity index is 737. The molecule has 3 nitrogen and oxygen atoms in total. The van der Waals surface area contributed by atoms with E-state index >= 15 is 0 Å². The summed E-state index contributed by atoms with van der Waals surface area (Å²) in [5.41, 5.74) is 3.23. The van der Waals surface area contributed by atoms with Crippen LogP contribution >= 0.6 is 11.6 Å². The lowest BCUT2D eigenvalue weighted by Crippen LogP contribution is -2.23. The van der Waals surface area contributed by atoms with Crippen molar-refractivity contribution in [1.82, 2.24) is 5.32 Å². The molecular weight excluding hydrogens is 322 g/mol. The Morgan fingerprint density at radius 2 is 1.79 bits per heavy atom. The van der Waals surface area contributed by atoms with E-state index in [1.807, 2.05) is 31.2 Å². The molecule has 0 unspecified atom stereocenters. The number of ketones is 1. The first-order chi connectivity index (χ1) is 11.5. The molecular formula is C20H20ClNO2. The molecule has 24 heavy (non-hydrogen) atoms. The third kappa shape index (κ3) is 3.85. The summed E-state index contributed by atoms with van der Waals surface area (Å²) >= 11 is 5.86. The first-order valence-electron chi connectivity index (χ1n) is 8.13. The summed E-state index contributed by atoms with van der Waals surface area (Å²) in [6, 6.07) is 15.5. The second-order valence-electron chi connectivity index (χ2n) is 6.41. The van der Waals surface area contributed by atoms with Crippen molar-refractivity contribution in [2.45, 2.75) is 25.7 Å². The molecule has 1 heterocycles. The van der Waals surface area contributed by atoms with E-state index in [1.54, 1.807) is 12.1 Å². The zero-order valence-electron chi connectivity index (χ0n) is 13.6. The summed E-state index contributed by atoms with van der Waals surface area (Å²) in [6.45, 7) is 2.63. The molecule has 0 spiro atoms. The quantitative estimate of drug-likeness (QED) is 0.901. The lowest BCUT2D eigenvalue weighted by molar-refractivity contribution is -0.127. The molecule has 1 fully saturated rings. The van der Waals surface area contributed by atoms with Crippen LogP contribution in [0.4, 0.5) is 0 Å². The fraction of sp³-hybridized carbons (Fsp3) is 0.300. The first kappa shape index (κ1) is 16.7. The van der Waals surface area contributed by atoms with E-state index in [0.29, 0.717) is 18.0 Å². The Labute approximate surface area is 147 Å². The largest absolute Gasteiger partial charge is 0.355 e. The van der Waals surface area contributed by atoms with Crippen LogP contribution in [-0.2, 0) is 16.0 Å². The van der Waals surface area contributed by atoms with Crippen molar-refractivity contribution in [3.63, 3.8) is 0 Å². The highest BCUT2D eigenvalue weighted by Crippen LogP contribution is 2.32. The van der Waals surface area contributed by atoms with Crippen LogP contribution in [0.5, 0.6) is 0 Å². The third-order valence-electron chi connectivity index (χ3n) is 4.59. The summed E-state index contributed by atoms with van der Waals surface area (Å²) in [5.74, 6) is -0.165. The standard InChI is InChI=1S/C20H20ClNO2/c1-13-2-6-15(7-3-13)19-12-22-20(24)18(19)11-17(23)10-14-4-8-16(21)9-5-14/h2-9,18-19H,10-12H2,1H3,(H,22,24)/t18-,19-/m0/s1. The highest BCUT2D eigenvalue weighted by Gasteiger charge is 2.36. The van der Waals surface area contributed by atoms with Gasteiger partial charge in [0.15, 0.2) is 0 Å². The molecule has 124 valence electrons. The second kappa shape index (κ2) is 7.18. The van der Waals surface area contributed by atoms with Gasteiger partial charge < -0.3 is 5.32 Å². The smallest absolute Gasteiger partial charge is 0.224 e. The van der Waals surface area contributed by atoms with E-state index in [4.69, 9.17) is 11.6 Å². The molecule has 0 aliphatic carbocycles. The van der Waals surface area contributed by atoms with Gasteiger partial charge in [0, 0.05) is 30.3 Å². The normalized spacial score (nSPS) is 20.0. The number of halogens is 1. The summed E-state index contributed by atoms with van der Waals surface area (Å²) in [4.78, 5) is 24.6. The van der Waals surface area contributed by atoms with Gasteiger partial charge >= 0.3 is 0 Å². The van der Waals surface area contributed by atoms with Crippen LogP contribution < -0.4 is 5.32 Å². The number of nitrogens with one attached hydrogen (secondary N) is 1. The zero-order valence-corrected chi connectivity index (χ0v) is 14.3. The van der Waals surface area contributed by atoms with Gasteiger partial charge in [0.25, 0.3) is 0 Å². The number of hydrogen-bond donors (Lipinski definition) is 1. The maximum Gasteiger partial charge on any atom is 0.224 e. The van der Waals surface area contributed by atoms with Crippen molar-refractivity contribution in [3.8, 4) is 0 Å². The number of hydrogen-bond acceptors (Lipinski definition) is 2. The summed E-state index contributed by atoms with van der Waals surface area (Å²) in [6.07, 6.45) is 0.606. The topological polar surface area (TPSA) is 46.2 Å². The summed E-state index contributed by atoms with van der Waals surface area (Å²) < 4.78 is 0. The van der Waals surface area contributed by atoms with Gasteiger partial charge in [-0.25, -0.2) is 0 Å². The van der Waals surface area contributed by atoms with Crippen LogP contribution in [0.1, 0.15) is 29.0 Å². The fourth-order valence-corrected chi connectivity index (χ4v) is 3.34. The number of carbonyl (C=O) groups excluding carboxylic acids is 2. The van der Waals surface area contributed by atoms with Gasteiger partial charge in [0.1, 0.15) is 5.78 Å². The molecule has 0 aromatic heterocycles. The van der Waals surface area contributed by atoms with E-state index in [0.717, 1.165) is 11.1 Å². The van der Waals surface area contributed by atoms with Crippen LogP contribution in [0.15, 0.2) is 48.5 Å². The third-order valence-corrected chi connectivity index (χ3v) is 4.84. The lowest BCUT2D eigenvalue weighted by Gasteiger charge is -2.17. The Morgan fingerprint density at radius 1 is 1.12 bits per heavy atom. The molecule has 2 aromatic carbocycles. The van der Waals surface area contributed by atoms with E-state index < -0.39 is 0 Å². The van der Waals surface area contributed by atoms with Gasteiger partial charge in [0.05, 0.1) is 5.92 Å². The maximum atomic E-state index is 12.4. The number of amides is 1. The van der Waals surface area contributed by atoms with E-state index in [1.165, 1.54) is 5.56 Å². The fourth-order valence-electron chi connectivity index (χ4n) is 3.21. The van der Waals surface area contributed by atoms with Gasteiger partial charge in [0.2, 0.25) is 5.91 Å². The minimum absolute atomic E-state index is 0.0231. The maximum absolute atomic E-state index is 12.4. The Kier molecular flexibility index (Phi) is 5.00. The summed E-state index contributed by atoms with van der Waals surface area (Å²) in [7, 11) is 0. The number of carbonyl (C=O) groups is 2. The molecule has 2 aromatic rings. The molecule has 0 radical (unpaired) electrons. The molecule has 3 rings (SSSR count). The Balaban J connectivity index is 1.69. The van der Waals surface area contributed by atoms with Crippen molar-refractivity contribution < 1.29 is 9.59 Å². The minimum atomic E-state index is -0.285. The number of aryl methyl sites for hydroxylation is 1. The predicted molar refractivity (Wildman–Crippen MR) is 95.2 cm³/mol. The molecule has 2 atom stereocenters. The average molecular weight is 342 g/mol. The highest BCUT2D eigenvalue weighted by atomic mass is 35.5. The van der Waals surface area contributed by atoms with E-state index in [-0.39, 0.29) is 29.9 Å². The predicted octanol–water partition coefficient (Wildman–Crippen LogP) is 3.68. The highest BCUT2D eigenvalue weighted by molar-refractivity contribution is 6.30. The molecule has 1 aliphatic rings. The van der Waals surface area contributed by atoms with E-state index in [9.17, 15) is 9.59 Å². The van der Waals surface area contributed by atoms with Gasteiger partial charge in [-0.2, -0.15) is 0 Å². The number of benzene rings is 2. The molecule has 1 aliphatic heterocycles. The molecule has 1 saturated heterocycles. The zero-order chi connectivity index (χ0) is 17.1. The Morgan fingerprint density at radius 3 is 2.46 bits per heavy atom. The first-order valence-corrected chi connectivity index (χ1v) is 8.51. The van der Waals surface area contributed by atoms with Crippen molar-refractivity contribution >= 4 is 23.3 Å². The minimum Gasteiger partial charge on any atom is -0.355 e. The summed E-state index contributed by atoms with van der Waals surface area (Å²) in [5, 5.41) is 3.55. The van der Waals surface area contributed by atoms with Gasteiger partial charge in [-0.15, -0.1) is 0 Å². The van der Waals surface area contributed by atoms with E-state index in [2.05, 4.69) is 17.4 Å². The van der Waals surface area contributed by atoms with Crippen LogP contribution in [0.3, 0.4) is 0 Å². The van der Waals surface area contributed by atoms with Crippen molar-refractivity contribution in [1.29, 1.82) is 0 Å². The van der Waals surface area contributed by atoms with Crippen LogP contribution in [0, 0.1) is 12.8 Å². The Hall–Kier alpha value is -2.13. The second-order valence-corrected chi connectivity index (χ2v) is 6.85. The average Bonchev–Trinajstić information content (AvgIpc) is 2.91. The van der Waals surface area contributed by atoms with Gasteiger partial charge in [-0.3, -0.25) is 9.59 Å². The number of rotatable bonds is 5. The van der Waals surface area contributed by atoms with Gasteiger partial charge in [-0.1, -0.05) is 53.6 Å². The molecule has 1 N–H and O–H groups in total. The molecule has 1 amide bonds. The molecule has 4 heteroatoms. The van der Waals surface area contributed by atoms with Crippen LogP contribution in [0.2, 0.25) is 5.02 Å². The van der Waals surface area contributed by atoms with Gasteiger partial charge in [-0.05, 0) is 30.2 Å². The SMILES string of the molecule is Cc1ccc([C@@H]2CNC(=O)[C@H]2CC(=O)Cc2ccc(Cl)cc2)cc1.